The summed E-state index contributed by atoms with van der Waals surface area (Å²) >= 11 is 0. The van der Waals surface area contributed by atoms with Gasteiger partial charge in [-0.2, -0.15) is 0 Å². The van der Waals surface area contributed by atoms with E-state index in [0.717, 1.165) is 38.8 Å². The molecule has 1 heterocycles. The van der Waals surface area contributed by atoms with Gasteiger partial charge in [0, 0.05) is 31.0 Å². The molecule has 2 rings (SSSR count). The number of hydrogen-bond acceptors (Lipinski definition) is 4. The first-order chi connectivity index (χ1) is 11.9. The lowest BCUT2D eigenvalue weighted by Gasteiger charge is -2.32. The lowest BCUT2D eigenvalue weighted by atomic mass is 9.80. The Kier molecular flexibility index (Phi) is 7.28. The molecule has 1 saturated heterocycles. The molecule has 1 N–H and O–H groups in total. The van der Waals surface area contributed by atoms with Crippen molar-refractivity contribution in [1.82, 2.24) is 10.2 Å². The van der Waals surface area contributed by atoms with E-state index in [1.165, 1.54) is 0 Å². The molecule has 1 atom stereocenters. The average molecular weight is 373 g/mol. The Morgan fingerprint density at radius 3 is 2.00 bits per heavy atom. The minimum absolute atomic E-state index is 0.0352. The molecule has 1 aliphatic carbocycles. The Morgan fingerprint density at radius 2 is 1.52 bits per heavy atom. The van der Waals surface area contributed by atoms with Crippen molar-refractivity contribution in [2.45, 2.75) is 64.8 Å². The minimum Gasteiger partial charge on any atom is -0.352 e. The van der Waals surface area contributed by atoms with Crippen LogP contribution in [0.2, 0.25) is 0 Å². The van der Waals surface area contributed by atoms with Crippen molar-refractivity contribution in [3.63, 3.8) is 0 Å². The second-order valence-electron chi connectivity index (χ2n) is 7.48. The third-order valence-electron chi connectivity index (χ3n) is 5.32. The van der Waals surface area contributed by atoms with Crippen LogP contribution in [0.3, 0.4) is 0 Å². The van der Waals surface area contributed by atoms with Crippen LogP contribution in [0.4, 0.5) is 0 Å². The van der Waals surface area contributed by atoms with Crippen molar-refractivity contribution in [3.05, 3.63) is 0 Å². The summed E-state index contributed by atoms with van der Waals surface area (Å²) in [6.07, 6.45) is 5.39. The summed E-state index contributed by atoms with van der Waals surface area (Å²) in [5.41, 5.74) is 0. The summed E-state index contributed by atoms with van der Waals surface area (Å²) in [7, 11) is -2.98. The first-order valence-electron chi connectivity index (χ1n) is 9.65. The molecule has 0 aromatic rings. The number of carbonyl (C=O) groups excluding carboxylic acids is 2. The van der Waals surface area contributed by atoms with E-state index in [1.807, 2.05) is 4.90 Å². The van der Waals surface area contributed by atoms with E-state index in [-0.39, 0.29) is 41.2 Å². The van der Waals surface area contributed by atoms with Gasteiger partial charge in [0.05, 0.1) is 11.5 Å². The van der Waals surface area contributed by atoms with Crippen LogP contribution >= 0.6 is 0 Å². The van der Waals surface area contributed by atoms with Crippen LogP contribution in [0, 0.1) is 11.8 Å². The van der Waals surface area contributed by atoms with E-state index >= 15 is 0 Å². The largest absolute Gasteiger partial charge is 0.352 e. The molecular weight excluding hydrogens is 340 g/mol. The Hall–Kier alpha value is -1.11. The monoisotopic (exact) mass is 372 g/mol. The van der Waals surface area contributed by atoms with E-state index in [0.29, 0.717) is 19.3 Å². The molecule has 0 bridgehead atoms. The standard InChI is InChI=1S/C18H32N2O4S/c1-3-10-20(11-4-2)18(22)15-7-5-14(6-8-15)17(21)19-16-9-12-25(23,24)13-16/h14-16H,3-13H2,1-2H3,(H,19,21). The molecule has 6 nitrogen and oxygen atoms in total. The molecule has 0 spiro atoms. The molecule has 1 unspecified atom stereocenters. The molecule has 0 aromatic carbocycles. The molecule has 144 valence electrons. The zero-order chi connectivity index (χ0) is 18.4. The predicted octanol–water partition coefficient (Wildman–Crippen LogP) is 1.74. The van der Waals surface area contributed by atoms with Crippen LogP contribution in [0.5, 0.6) is 0 Å². The highest BCUT2D eigenvalue weighted by Crippen LogP contribution is 2.30. The lowest BCUT2D eigenvalue weighted by Crippen LogP contribution is -2.43. The molecular formula is C18H32N2O4S. The summed E-state index contributed by atoms with van der Waals surface area (Å²) in [6, 6.07) is -0.235. The molecule has 2 aliphatic rings. The van der Waals surface area contributed by atoms with E-state index in [1.54, 1.807) is 0 Å². The Bertz CT molecular complexity index is 562. The molecule has 1 saturated carbocycles. The molecule has 0 aromatic heterocycles. The van der Waals surface area contributed by atoms with Crippen LogP contribution in [0.1, 0.15) is 58.8 Å². The predicted molar refractivity (Wildman–Crippen MR) is 97.8 cm³/mol. The SMILES string of the molecule is CCCN(CCC)C(=O)C1CCC(C(=O)NC2CCS(=O)(=O)C2)CC1. The van der Waals surface area contributed by atoms with Gasteiger partial charge >= 0.3 is 0 Å². The van der Waals surface area contributed by atoms with Gasteiger partial charge in [0.25, 0.3) is 0 Å². The Morgan fingerprint density at radius 1 is 0.960 bits per heavy atom. The number of nitrogens with zero attached hydrogens (tertiary/aromatic N) is 1. The van der Waals surface area contributed by atoms with Crippen molar-refractivity contribution in [3.8, 4) is 0 Å². The van der Waals surface area contributed by atoms with E-state index in [4.69, 9.17) is 0 Å². The molecule has 1 aliphatic heterocycles. The second-order valence-corrected chi connectivity index (χ2v) is 9.71. The lowest BCUT2D eigenvalue weighted by molar-refractivity contribution is -0.138. The molecule has 0 radical (unpaired) electrons. The van der Waals surface area contributed by atoms with Crippen LogP contribution in [-0.2, 0) is 19.4 Å². The van der Waals surface area contributed by atoms with Crippen LogP contribution in [-0.4, -0.2) is 55.8 Å². The first kappa shape index (κ1) is 20.2. The smallest absolute Gasteiger partial charge is 0.225 e. The maximum Gasteiger partial charge on any atom is 0.225 e. The first-order valence-corrected chi connectivity index (χ1v) is 11.5. The summed E-state index contributed by atoms with van der Waals surface area (Å²) in [6.45, 7) is 5.79. The molecule has 7 heteroatoms. The summed E-state index contributed by atoms with van der Waals surface area (Å²) in [4.78, 5) is 27.0. The zero-order valence-electron chi connectivity index (χ0n) is 15.5. The topological polar surface area (TPSA) is 83.6 Å². The summed E-state index contributed by atoms with van der Waals surface area (Å²) < 4.78 is 23.0. The van der Waals surface area contributed by atoms with Gasteiger partial charge in [0.15, 0.2) is 9.84 Å². The Labute approximate surface area is 151 Å². The van der Waals surface area contributed by atoms with E-state index in [2.05, 4.69) is 19.2 Å². The minimum atomic E-state index is -2.98. The van der Waals surface area contributed by atoms with Crippen molar-refractivity contribution in [2.75, 3.05) is 24.6 Å². The summed E-state index contributed by atoms with van der Waals surface area (Å²) in [5, 5.41) is 2.90. The fourth-order valence-electron chi connectivity index (χ4n) is 3.96. The number of amides is 2. The van der Waals surface area contributed by atoms with Crippen molar-refractivity contribution in [1.29, 1.82) is 0 Å². The van der Waals surface area contributed by atoms with Crippen molar-refractivity contribution in [2.24, 2.45) is 11.8 Å². The molecule has 2 amide bonds. The van der Waals surface area contributed by atoms with Gasteiger partial charge in [-0.15, -0.1) is 0 Å². The number of rotatable bonds is 7. The molecule has 25 heavy (non-hydrogen) atoms. The van der Waals surface area contributed by atoms with Crippen molar-refractivity contribution < 1.29 is 18.0 Å². The highest BCUT2D eigenvalue weighted by molar-refractivity contribution is 7.91. The van der Waals surface area contributed by atoms with Gasteiger partial charge in [0.2, 0.25) is 11.8 Å². The van der Waals surface area contributed by atoms with Crippen LogP contribution < -0.4 is 5.32 Å². The second kappa shape index (κ2) is 9.01. The van der Waals surface area contributed by atoms with E-state index < -0.39 is 9.84 Å². The normalized spacial score (nSPS) is 28.5. The van der Waals surface area contributed by atoms with Gasteiger partial charge < -0.3 is 10.2 Å². The number of sulfone groups is 1. The number of nitrogens with one attached hydrogen (secondary N) is 1. The fraction of sp³-hybridized carbons (Fsp3) is 0.889. The van der Waals surface area contributed by atoms with Gasteiger partial charge in [-0.3, -0.25) is 9.59 Å². The van der Waals surface area contributed by atoms with Gasteiger partial charge in [0.1, 0.15) is 0 Å². The molecule has 2 fully saturated rings. The van der Waals surface area contributed by atoms with Crippen LogP contribution in [0.25, 0.3) is 0 Å². The Balaban J connectivity index is 1.80. The number of hydrogen-bond donors (Lipinski definition) is 1. The maximum absolute atomic E-state index is 12.7. The third kappa shape index (κ3) is 5.69. The van der Waals surface area contributed by atoms with Gasteiger partial charge in [-0.25, -0.2) is 8.42 Å². The number of carbonyl (C=O) groups is 2. The quantitative estimate of drug-likeness (QED) is 0.738. The summed E-state index contributed by atoms with van der Waals surface area (Å²) in [5.74, 6) is 0.392. The van der Waals surface area contributed by atoms with Gasteiger partial charge in [-0.05, 0) is 44.9 Å². The van der Waals surface area contributed by atoms with Crippen molar-refractivity contribution >= 4 is 21.7 Å². The highest BCUT2D eigenvalue weighted by Gasteiger charge is 2.34. The average Bonchev–Trinajstić information content (AvgIpc) is 2.92. The fourth-order valence-corrected chi connectivity index (χ4v) is 5.63. The zero-order valence-corrected chi connectivity index (χ0v) is 16.3. The van der Waals surface area contributed by atoms with E-state index in [9.17, 15) is 18.0 Å². The van der Waals surface area contributed by atoms with Gasteiger partial charge in [-0.1, -0.05) is 13.8 Å². The third-order valence-corrected chi connectivity index (χ3v) is 7.09. The highest BCUT2D eigenvalue weighted by atomic mass is 32.2. The van der Waals surface area contributed by atoms with Crippen LogP contribution in [0.15, 0.2) is 0 Å². The maximum atomic E-state index is 12.7.